The predicted molar refractivity (Wildman–Crippen MR) is 84.1 cm³/mol. The highest BCUT2D eigenvalue weighted by atomic mass is 16.5. The molecule has 4 nitrogen and oxygen atoms in total. The van der Waals surface area contributed by atoms with Crippen molar-refractivity contribution in [2.45, 2.75) is 19.6 Å². The van der Waals surface area contributed by atoms with Crippen LogP contribution in [0.15, 0.2) is 48.9 Å². The van der Waals surface area contributed by atoms with Crippen LogP contribution in [0.1, 0.15) is 24.2 Å². The Labute approximate surface area is 124 Å². The van der Waals surface area contributed by atoms with Gasteiger partial charge in [-0.1, -0.05) is 36.4 Å². The molecule has 0 saturated heterocycles. The van der Waals surface area contributed by atoms with E-state index in [-0.39, 0.29) is 6.04 Å². The number of hydrogen-bond donors (Lipinski definition) is 1. The second kappa shape index (κ2) is 5.58. The Hall–Kier alpha value is -2.33. The molecule has 21 heavy (non-hydrogen) atoms. The molecule has 0 spiro atoms. The minimum atomic E-state index is -0.0730. The van der Waals surface area contributed by atoms with E-state index in [0.717, 1.165) is 27.8 Å². The number of nitrogens with two attached hydrogens (primary N) is 1. The van der Waals surface area contributed by atoms with Crippen LogP contribution in [0.25, 0.3) is 10.8 Å². The summed E-state index contributed by atoms with van der Waals surface area (Å²) >= 11 is 0. The van der Waals surface area contributed by atoms with E-state index < -0.39 is 0 Å². The molecule has 4 heteroatoms. The number of rotatable bonds is 4. The van der Waals surface area contributed by atoms with E-state index in [1.165, 1.54) is 0 Å². The summed E-state index contributed by atoms with van der Waals surface area (Å²) in [7, 11) is 1.96. The van der Waals surface area contributed by atoms with Crippen molar-refractivity contribution >= 4 is 10.8 Å². The van der Waals surface area contributed by atoms with Crippen LogP contribution in [0, 0.1) is 0 Å². The van der Waals surface area contributed by atoms with Crippen LogP contribution >= 0.6 is 0 Å². The highest BCUT2D eigenvalue weighted by Gasteiger charge is 2.13. The minimum Gasteiger partial charge on any atom is -0.486 e. The monoisotopic (exact) mass is 281 g/mol. The van der Waals surface area contributed by atoms with Crippen LogP contribution in [0.4, 0.5) is 0 Å². The van der Waals surface area contributed by atoms with Gasteiger partial charge in [0.2, 0.25) is 0 Å². The van der Waals surface area contributed by atoms with Crippen LogP contribution in [-0.4, -0.2) is 9.55 Å². The van der Waals surface area contributed by atoms with Gasteiger partial charge >= 0.3 is 0 Å². The molecule has 3 rings (SSSR count). The average molecular weight is 281 g/mol. The topological polar surface area (TPSA) is 53.1 Å². The number of nitrogens with zero attached hydrogens (tertiary/aromatic N) is 2. The first kappa shape index (κ1) is 13.6. The first-order chi connectivity index (χ1) is 10.2. The normalized spacial score (nSPS) is 12.5. The van der Waals surface area contributed by atoms with Crippen LogP contribution in [0.2, 0.25) is 0 Å². The lowest BCUT2D eigenvalue weighted by Crippen LogP contribution is -2.09. The Morgan fingerprint density at radius 3 is 2.76 bits per heavy atom. The molecule has 0 amide bonds. The van der Waals surface area contributed by atoms with Gasteiger partial charge in [-0.25, -0.2) is 4.98 Å². The SMILES string of the molecule is C[C@@H](N)c1ccc2ccccc2c1OCc1cncn1C. The third-order valence-electron chi connectivity index (χ3n) is 3.68. The number of fused-ring (bicyclic) bond motifs is 1. The molecule has 108 valence electrons. The number of aryl methyl sites for hydroxylation is 1. The summed E-state index contributed by atoms with van der Waals surface area (Å²) in [6.45, 7) is 2.45. The van der Waals surface area contributed by atoms with Crippen LogP contribution < -0.4 is 10.5 Å². The standard InChI is InChI=1S/C17H19N3O/c1-12(18)15-8-7-13-5-3-4-6-16(13)17(15)21-10-14-9-19-11-20(14)2/h3-9,11-12H,10,18H2,1-2H3/t12-/m1/s1. The van der Waals surface area contributed by atoms with E-state index >= 15 is 0 Å². The van der Waals surface area contributed by atoms with Crippen molar-refractivity contribution in [3.05, 3.63) is 60.2 Å². The zero-order valence-corrected chi connectivity index (χ0v) is 12.3. The van der Waals surface area contributed by atoms with Crippen molar-refractivity contribution in [1.82, 2.24) is 9.55 Å². The highest BCUT2D eigenvalue weighted by Crippen LogP contribution is 2.33. The van der Waals surface area contributed by atoms with Gasteiger partial charge in [-0.15, -0.1) is 0 Å². The lowest BCUT2D eigenvalue weighted by molar-refractivity contribution is 0.296. The summed E-state index contributed by atoms with van der Waals surface area (Å²) < 4.78 is 8.05. The predicted octanol–water partition coefficient (Wildman–Crippen LogP) is 3.17. The number of aromatic nitrogens is 2. The highest BCUT2D eigenvalue weighted by molar-refractivity contribution is 5.89. The zero-order chi connectivity index (χ0) is 14.8. The van der Waals surface area contributed by atoms with E-state index in [4.69, 9.17) is 10.5 Å². The molecule has 3 aromatic rings. The van der Waals surface area contributed by atoms with E-state index in [2.05, 4.69) is 23.2 Å². The lowest BCUT2D eigenvalue weighted by Gasteiger charge is -2.16. The van der Waals surface area contributed by atoms with Crippen molar-refractivity contribution in [3.8, 4) is 5.75 Å². The van der Waals surface area contributed by atoms with E-state index in [0.29, 0.717) is 6.61 Å². The van der Waals surface area contributed by atoms with Gasteiger partial charge in [-0.2, -0.15) is 0 Å². The molecular formula is C17H19N3O. The second-order valence-corrected chi connectivity index (χ2v) is 5.28. The van der Waals surface area contributed by atoms with Gasteiger partial charge in [0.1, 0.15) is 12.4 Å². The molecule has 0 aliphatic carbocycles. The van der Waals surface area contributed by atoms with Gasteiger partial charge in [0.15, 0.2) is 0 Å². The summed E-state index contributed by atoms with van der Waals surface area (Å²) in [4.78, 5) is 4.11. The maximum absolute atomic E-state index is 6.10. The third kappa shape index (κ3) is 2.62. The number of ether oxygens (including phenoxy) is 1. The van der Waals surface area contributed by atoms with Crippen molar-refractivity contribution in [1.29, 1.82) is 0 Å². The fourth-order valence-corrected chi connectivity index (χ4v) is 2.45. The molecule has 0 saturated carbocycles. The number of hydrogen-bond acceptors (Lipinski definition) is 3. The van der Waals surface area contributed by atoms with Crippen LogP contribution in [-0.2, 0) is 13.7 Å². The Bertz CT molecular complexity index is 762. The summed E-state index contributed by atoms with van der Waals surface area (Å²) in [5, 5.41) is 2.25. The van der Waals surface area contributed by atoms with Crippen LogP contribution in [0.3, 0.4) is 0 Å². The van der Waals surface area contributed by atoms with Crippen molar-refractivity contribution in [3.63, 3.8) is 0 Å². The molecule has 0 unspecified atom stereocenters. The number of imidazole rings is 1. The quantitative estimate of drug-likeness (QED) is 0.799. The van der Waals surface area contributed by atoms with Crippen LogP contribution in [0.5, 0.6) is 5.75 Å². The molecule has 2 aromatic carbocycles. The van der Waals surface area contributed by atoms with Gasteiger partial charge in [-0.3, -0.25) is 0 Å². The molecule has 0 bridgehead atoms. The zero-order valence-electron chi connectivity index (χ0n) is 12.3. The van der Waals surface area contributed by atoms with Gasteiger partial charge in [0.25, 0.3) is 0 Å². The smallest absolute Gasteiger partial charge is 0.132 e. The van der Waals surface area contributed by atoms with E-state index in [9.17, 15) is 0 Å². The Morgan fingerprint density at radius 2 is 2.05 bits per heavy atom. The Morgan fingerprint density at radius 1 is 1.24 bits per heavy atom. The molecule has 0 radical (unpaired) electrons. The first-order valence-corrected chi connectivity index (χ1v) is 7.02. The van der Waals surface area contributed by atoms with E-state index in [1.807, 2.05) is 42.9 Å². The Balaban J connectivity index is 2.02. The molecule has 0 aliphatic heterocycles. The van der Waals surface area contributed by atoms with Gasteiger partial charge in [0.05, 0.1) is 18.2 Å². The molecular weight excluding hydrogens is 262 g/mol. The van der Waals surface area contributed by atoms with Crippen molar-refractivity contribution < 1.29 is 4.74 Å². The van der Waals surface area contributed by atoms with Gasteiger partial charge in [0, 0.05) is 24.0 Å². The lowest BCUT2D eigenvalue weighted by atomic mass is 10.0. The third-order valence-corrected chi connectivity index (χ3v) is 3.68. The van der Waals surface area contributed by atoms with Crippen molar-refractivity contribution in [2.24, 2.45) is 12.8 Å². The largest absolute Gasteiger partial charge is 0.486 e. The Kier molecular flexibility index (Phi) is 3.62. The maximum atomic E-state index is 6.10. The molecule has 0 aliphatic rings. The summed E-state index contributed by atoms with van der Waals surface area (Å²) in [5.41, 5.74) is 8.14. The molecule has 0 fully saturated rings. The molecule has 1 heterocycles. The molecule has 2 N–H and O–H groups in total. The van der Waals surface area contributed by atoms with Crippen molar-refractivity contribution in [2.75, 3.05) is 0 Å². The minimum absolute atomic E-state index is 0.0730. The van der Waals surface area contributed by atoms with E-state index in [1.54, 1.807) is 6.33 Å². The summed E-state index contributed by atoms with van der Waals surface area (Å²) in [5.74, 6) is 0.865. The second-order valence-electron chi connectivity index (χ2n) is 5.28. The average Bonchev–Trinajstić information content (AvgIpc) is 2.89. The molecule has 1 atom stereocenters. The fourth-order valence-electron chi connectivity index (χ4n) is 2.45. The number of benzene rings is 2. The maximum Gasteiger partial charge on any atom is 0.132 e. The first-order valence-electron chi connectivity index (χ1n) is 7.02. The van der Waals surface area contributed by atoms with Gasteiger partial charge < -0.3 is 15.0 Å². The summed E-state index contributed by atoms with van der Waals surface area (Å²) in [6, 6.07) is 12.3. The fraction of sp³-hybridized carbons (Fsp3) is 0.235. The van der Waals surface area contributed by atoms with Gasteiger partial charge in [-0.05, 0) is 12.3 Å². The summed E-state index contributed by atoms with van der Waals surface area (Å²) in [6.07, 6.45) is 3.59. The molecule has 1 aromatic heterocycles.